The van der Waals surface area contributed by atoms with E-state index in [1.807, 2.05) is 0 Å². The Morgan fingerprint density at radius 3 is 2.55 bits per heavy atom. The molecule has 4 atom stereocenters. The number of carbonyl (C=O) groups is 2. The summed E-state index contributed by atoms with van der Waals surface area (Å²) < 4.78 is 5.87. The van der Waals surface area contributed by atoms with E-state index in [-0.39, 0.29) is 34.7 Å². The zero-order valence-corrected chi connectivity index (χ0v) is 12.7. The second kappa shape index (κ2) is 4.47. The van der Waals surface area contributed by atoms with Gasteiger partial charge in [-0.15, -0.1) is 0 Å². The Bertz CT molecular complexity index is 435. The summed E-state index contributed by atoms with van der Waals surface area (Å²) in [5, 5.41) is 2.76. The minimum Gasteiger partial charge on any atom is -0.461 e. The van der Waals surface area contributed by atoms with Crippen LogP contribution in [0.2, 0.25) is 0 Å². The van der Waals surface area contributed by atoms with Gasteiger partial charge in [0.15, 0.2) is 0 Å². The van der Waals surface area contributed by atoms with Gasteiger partial charge >= 0.3 is 5.97 Å². The Labute approximate surface area is 120 Å². The molecule has 4 nitrogen and oxygen atoms in total. The molecule has 0 spiro atoms. The van der Waals surface area contributed by atoms with Crippen molar-refractivity contribution in [3.8, 4) is 0 Å². The number of fused-ring (bicyclic) bond motifs is 2. The van der Waals surface area contributed by atoms with E-state index >= 15 is 0 Å². The Kier molecular flexibility index (Phi) is 3.11. The highest BCUT2D eigenvalue weighted by molar-refractivity contribution is 5.81. The standard InChI is InChI=1S/C16H25NO3/c1-15(2)11-6-7-16(15,3)12(8-11)20-14(19)10-4-5-13(18)17-9-10/h10-12H,4-9H2,1-3H3,(H,17,18). The van der Waals surface area contributed by atoms with Crippen LogP contribution in [0.25, 0.3) is 0 Å². The zero-order chi connectivity index (χ0) is 14.5. The van der Waals surface area contributed by atoms with E-state index in [4.69, 9.17) is 4.74 Å². The molecular weight excluding hydrogens is 254 g/mol. The topological polar surface area (TPSA) is 55.4 Å². The first-order valence-corrected chi connectivity index (χ1v) is 7.82. The van der Waals surface area contributed by atoms with Gasteiger partial charge in [0.25, 0.3) is 0 Å². The first kappa shape index (κ1) is 13.9. The summed E-state index contributed by atoms with van der Waals surface area (Å²) in [6, 6.07) is 0. The highest BCUT2D eigenvalue weighted by Crippen LogP contribution is 2.66. The summed E-state index contributed by atoms with van der Waals surface area (Å²) in [7, 11) is 0. The van der Waals surface area contributed by atoms with Crippen LogP contribution in [0.5, 0.6) is 0 Å². The van der Waals surface area contributed by atoms with Crippen molar-refractivity contribution < 1.29 is 14.3 Å². The summed E-state index contributed by atoms with van der Waals surface area (Å²) in [5.74, 6) is 0.455. The van der Waals surface area contributed by atoms with Crippen molar-refractivity contribution in [3.05, 3.63) is 0 Å². The molecule has 2 saturated carbocycles. The van der Waals surface area contributed by atoms with Gasteiger partial charge in [0.05, 0.1) is 5.92 Å². The number of esters is 1. The number of piperidine rings is 1. The van der Waals surface area contributed by atoms with Gasteiger partial charge in [-0.05, 0) is 37.0 Å². The molecule has 1 saturated heterocycles. The van der Waals surface area contributed by atoms with Crippen LogP contribution in [0.15, 0.2) is 0 Å². The largest absolute Gasteiger partial charge is 0.461 e. The third kappa shape index (κ3) is 1.87. The SMILES string of the molecule is CC1(C)C2CCC1(C)C(OC(=O)C1CCC(=O)NC1)C2. The van der Waals surface area contributed by atoms with Crippen LogP contribution in [-0.4, -0.2) is 24.5 Å². The van der Waals surface area contributed by atoms with Crippen molar-refractivity contribution in [1.82, 2.24) is 5.32 Å². The van der Waals surface area contributed by atoms with Crippen LogP contribution in [0.4, 0.5) is 0 Å². The van der Waals surface area contributed by atoms with Crippen molar-refractivity contribution in [3.63, 3.8) is 0 Å². The van der Waals surface area contributed by atoms with Crippen molar-refractivity contribution in [1.29, 1.82) is 0 Å². The number of hydrogen-bond donors (Lipinski definition) is 1. The highest BCUT2D eigenvalue weighted by Gasteiger charge is 2.63. The molecule has 112 valence electrons. The van der Waals surface area contributed by atoms with E-state index in [9.17, 15) is 9.59 Å². The number of carbonyl (C=O) groups excluding carboxylic acids is 2. The highest BCUT2D eigenvalue weighted by atomic mass is 16.5. The molecule has 3 rings (SSSR count). The monoisotopic (exact) mass is 279 g/mol. The van der Waals surface area contributed by atoms with Crippen molar-refractivity contribution in [2.24, 2.45) is 22.7 Å². The maximum Gasteiger partial charge on any atom is 0.311 e. The molecule has 1 heterocycles. The average Bonchev–Trinajstić information content (AvgIpc) is 2.72. The second-order valence-corrected chi connectivity index (χ2v) is 7.58. The van der Waals surface area contributed by atoms with Crippen molar-refractivity contribution in [2.45, 2.75) is 59.0 Å². The number of nitrogens with one attached hydrogen (secondary N) is 1. The molecule has 20 heavy (non-hydrogen) atoms. The van der Waals surface area contributed by atoms with Crippen LogP contribution in [0.3, 0.4) is 0 Å². The van der Waals surface area contributed by atoms with Gasteiger partial charge in [0.1, 0.15) is 6.10 Å². The molecule has 0 aromatic carbocycles. The fraction of sp³-hybridized carbons (Fsp3) is 0.875. The normalized spacial score (nSPS) is 42.4. The molecular formula is C16H25NO3. The lowest BCUT2D eigenvalue weighted by atomic mass is 9.70. The van der Waals surface area contributed by atoms with Crippen LogP contribution in [0, 0.1) is 22.7 Å². The maximum absolute atomic E-state index is 12.3. The lowest BCUT2D eigenvalue weighted by Gasteiger charge is -2.39. The first-order valence-electron chi connectivity index (χ1n) is 7.82. The summed E-state index contributed by atoms with van der Waals surface area (Å²) in [5.41, 5.74) is 0.379. The van der Waals surface area contributed by atoms with E-state index < -0.39 is 0 Å². The fourth-order valence-electron chi connectivity index (χ4n) is 4.48. The molecule has 4 heteroatoms. The Morgan fingerprint density at radius 1 is 1.30 bits per heavy atom. The Hall–Kier alpha value is -1.06. The molecule has 3 fully saturated rings. The van der Waals surface area contributed by atoms with Gasteiger partial charge < -0.3 is 10.1 Å². The van der Waals surface area contributed by atoms with Gasteiger partial charge in [-0.1, -0.05) is 20.8 Å². The van der Waals surface area contributed by atoms with Crippen LogP contribution < -0.4 is 5.32 Å². The maximum atomic E-state index is 12.3. The minimum absolute atomic E-state index is 0.0436. The molecule has 1 aliphatic heterocycles. The lowest BCUT2D eigenvalue weighted by Crippen LogP contribution is -2.43. The molecule has 0 aromatic rings. The van der Waals surface area contributed by atoms with E-state index in [0.29, 0.717) is 25.3 Å². The number of ether oxygens (including phenoxy) is 1. The van der Waals surface area contributed by atoms with Crippen LogP contribution in [0.1, 0.15) is 52.9 Å². The molecule has 4 unspecified atom stereocenters. The van der Waals surface area contributed by atoms with Crippen LogP contribution in [-0.2, 0) is 14.3 Å². The quantitative estimate of drug-likeness (QED) is 0.789. The van der Waals surface area contributed by atoms with E-state index in [0.717, 1.165) is 12.8 Å². The average molecular weight is 279 g/mol. The minimum atomic E-state index is -0.154. The van der Waals surface area contributed by atoms with Crippen LogP contribution >= 0.6 is 0 Å². The van der Waals surface area contributed by atoms with Gasteiger partial charge in [-0.3, -0.25) is 9.59 Å². The number of amides is 1. The zero-order valence-electron chi connectivity index (χ0n) is 12.7. The summed E-state index contributed by atoms with van der Waals surface area (Å²) in [4.78, 5) is 23.5. The second-order valence-electron chi connectivity index (χ2n) is 7.58. The molecule has 0 radical (unpaired) electrons. The van der Waals surface area contributed by atoms with Crippen molar-refractivity contribution in [2.75, 3.05) is 6.54 Å². The summed E-state index contributed by atoms with van der Waals surface area (Å²) in [6.07, 6.45) is 4.55. The molecule has 2 aliphatic carbocycles. The molecule has 0 aromatic heterocycles. The number of rotatable bonds is 2. The number of hydrogen-bond acceptors (Lipinski definition) is 3. The predicted molar refractivity (Wildman–Crippen MR) is 74.8 cm³/mol. The molecule has 1 amide bonds. The van der Waals surface area contributed by atoms with E-state index in [1.165, 1.54) is 6.42 Å². The van der Waals surface area contributed by atoms with E-state index in [2.05, 4.69) is 26.1 Å². The van der Waals surface area contributed by atoms with E-state index in [1.54, 1.807) is 0 Å². The third-order valence-corrected chi connectivity index (χ3v) is 6.57. The fourth-order valence-corrected chi connectivity index (χ4v) is 4.48. The molecule has 2 bridgehead atoms. The first-order chi connectivity index (χ1) is 9.34. The predicted octanol–water partition coefficient (Wildman–Crippen LogP) is 2.27. The Balaban J connectivity index is 1.65. The smallest absolute Gasteiger partial charge is 0.311 e. The summed E-state index contributed by atoms with van der Waals surface area (Å²) in [6.45, 7) is 7.35. The molecule has 3 aliphatic rings. The van der Waals surface area contributed by atoms with Crippen molar-refractivity contribution >= 4 is 11.9 Å². The Morgan fingerprint density at radius 2 is 2.05 bits per heavy atom. The summed E-state index contributed by atoms with van der Waals surface area (Å²) >= 11 is 0. The molecule has 1 N–H and O–H groups in total. The van der Waals surface area contributed by atoms with Gasteiger partial charge in [0.2, 0.25) is 5.91 Å². The lowest BCUT2D eigenvalue weighted by molar-refractivity contribution is -0.162. The van der Waals surface area contributed by atoms with Gasteiger partial charge in [-0.25, -0.2) is 0 Å². The van der Waals surface area contributed by atoms with Gasteiger partial charge in [0, 0.05) is 18.4 Å². The third-order valence-electron chi connectivity index (χ3n) is 6.57. The van der Waals surface area contributed by atoms with Gasteiger partial charge in [-0.2, -0.15) is 0 Å².